The van der Waals surface area contributed by atoms with Crippen LogP contribution in [0.2, 0.25) is 0 Å². The number of halogens is 1. The molecule has 0 saturated heterocycles. The second kappa shape index (κ2) is 2.09. The van der Waals surface area contributed by atoms with Gasteiger partial charge in [-0.15, -0.1) is 0 Å². The van der Waals surface area contributed by atoms with Gasteiger partial charge < -0.3 is 0 Å². The van der Waals surface area contributed by atoms with Crippen LogP contribution < -0.4 is 4.99 Å². The molecule has 1 aromatic carbocycles. The van der Waals surface area contributed by atoms with E-state index in [0.717, 1.165) is 10.6 Å². The van der Waals surface area contributed by atoms with Crippen molar-refractivity contribution in [2.24, 2.45) is 0 Å². The average molecular weight is 153 g/mol. The van der Waals surface area contributed by atoms with E-state index in [9.17, 15) is 4.39 Å². The number of thioether (sulfide) groups is 1. The zero-order valence-electron chi connectivity index (χ0n) is 5.04. The Morgan fingerprint density at radius 1 is 1.40 bits per heavy atom. The van der Waals surface area contributed by atoms with Crippen LogP contribution in [0, 0.1) is 5.82 Å². The Hall–Kier alpha value is -0.830. The molecule has 1 nitrogen and oxygen atoms in total. The minimum Gasteiger partial charge on any atom is -0.207 e. The highest BCUT2D eigenvalue weighted by molar-refractivity contribution is 8.12. The van der Waals surface area contributed by atoms with Crippen LogP contribution in [0.1, 0.15) is 0 Å². The van der Waals surface area contributed by atoms with Crippen molar-refractivity contribution in [2.75, 3.05) is 0 Å². The largest absolute Gasteiger partial charge is 0.292 e. The normalized spacial score (nSPS) is 13.7. The van der Waals surface area contributed by atoms with E-state index in [0.29, 0.717) is 0 Å². The molecule has 0 spiro atoms. The maximum Gasteiger partial charge on any atom is 0.292 e. The van der Waals surface area contributed by atoms with Gasteiger partial charge in [0.1, 0.15) is 5.82 Å². The molecule has 0 bridgehead atoms. The first-order chi connectivity index (χ1) is 4.86. The van der Waals surface area contributed by atoms with E-state index in [1.165, 1.54) is 23.9 Å². The predicted octanol–water partition coefficient (Wildman–Crippen LogP) is 1.93. The molecule has 1 heterocycles. The minimum atomic E-state index is -0.197. The molecule has 0 amide bonds. The third-order valence-electron chi connectivity index (χ3n) is 1.29. The second-order valence-corrected chi connectivity index (χ2v) is 2.85. The molecule has 0 fully saturated rings. The molecule has 49 valence electrons. The van der Waals surface area contributed by atoms with Crippen molar-refractivity contribution in [3.05, 3.63) is 24.0 Å². The van der Waals surface area contributed by atoms with Gasteiger partial charge in [0.25, 0.3) is 11.2 Å². The first-order valence-electron chi connectivity index (χ1n) is 2.85. The zero-order chi connectivity index (χ0) is 6.97. The summed E-state index contributed by atoms with van der Waals surface area (Å²) in [6, 6.07) is 4.59. The standard InChI is InChI=1S/C7H4FNS/c8-5-1-2-6-7(3-5)10-4-9-6/h1-4H/q+1. The van der Waals surface area contributed by atoms with Gasteiger partial charge in [-0.25, -0.2) is 4.39 Å². The molecule has 0 aromatic heterocycles. The van der Waals surface area contributed by atoms with E-state index in [2.05, 4.69) is 4.99 Å². The fourth-order valence-corrected chi connectivity index (χ4v) is 1.53. The molecule has 3 heteroatoms. The van der Waals surface area contributed by atoms with Crippen LogP contribution in [0.25, 0.3) is 0 Å². The Morgan fingerprint density at radius 2 is 2.30 bits per heavy atom. The molecule has 2 rings (SSSR count). The lowest BCUT2D eigenvalue weighted by Crippen LogP contribution is -1.76. The molecule has 1 aromatic rings. The highest BCUT2D eigenvalue weighted by Crippen LogP contribution is 2.29. The number of nitrogens with zero attached hydrogens (tertiary/aromatic N) is 1. The molecule has 0 unspecified atom stereocenters. The van der Waals surface area contributed by atoms with Crippen LogP contribution >= 0.6 is 11.8 Å². The molecule has 0 N–H and O–H groups in total. The Kier molecular flexibility index (Phi) is 1.24. The molecule has 0 aliphatic carbocycles. The predicted molar refractivity (Wildman–Crippen MR) is 40.1 cm³/mol. The molecule has 0 atom stereocenters. The fraction of sp³-hybridized carbons (Fsp3) is 0. The lowest BCUT2D eigenvalue weighted by Gasteiger charge is -1.86. The zero-order valence-corrected chi connectivity index (χ0v) is 5.86. The van der Waals surface area contributed by atoms with Crippen LogP contribution in [0.15, 0.2) is 23.1 Å². The Bertz CT molecular complexity index is 296. The van der Waals surface area contributed by atoms with Crippen molar-refractivity contribution < 1.29 is 4.39 Å². The fourth-order valence-electron chi connectivity index (χ4n) is 0.829. The summed E-state index contributed by atoms with van der Waals surface area (Å²) in [5.41, 5.74) is 2.58. The quantitative estimate of drug-likeness (QED) is 0.555. The Morgan fingerprint density at radius 3 is 3.20 bits per heavy atom. The molecular weight excluding hydrogens is 149 g/mol. The number of fused-ring (bicyclic) bond motifs is 1. The van der Waals surface area contributed by atoms with Crippen LogP contribution in [0.3, 0.4) is 0 Å². The molecule has 0 saturated carbocycles. The summed E-state index contributed by atoms with van der Waals surface area (Å²) in [6.45, 7) is 0. The van der Waals surface area contributed by atoms with Gasteiger partial charge in [-0.2, -0.15) is 0 Å². The van der Waals surface area contributed by atoms with Gasteiger partial charge in [-0.05, 0) is 23.9 Å². The van der Waals surface area contributed by atoms with Crippen molar-refractivity contribution in [1.29, 1.82) is 0 Å². The average Bonchev–Trinajstić information content (AvgIpc) is 2.33. The minimum absolute atomic E-state index is 0.197. The third kappa shape index (κ3) is 0.827. The van der Waals surface area contributed by atoms with Crippen molar-refractivity contribution in [2.45, 2.75) is 4.90 Å². The van der Waals surface area contributed by atoms with Gasteiger partial charge in [-0.1, -0.05) is 0 Å². The van der Waals surface area contributed by atoms with E-state index >= 15 is 0 Å². The van der Waals surface area contributed by atoms with Crippen LogP contribution in [-0.2, 0) is 0 Å². The van der Waals surface area contributed by atoms with E-state index in [4.69, 9.17) is 0 Å². The molecule has 10 heavy (non-hydrogen) atoms. The van der Waals surface area contributed by atoms with E-state index in [-0.39, 0.29) is 5.82 Å². The summed E-state index contributed by atoms with van der Waals surface area (Å²) >= 11 is 1.45. The van der Waals surface area contributed by atoms with Gasteiger partial charge in [-0.3, -0.25) is 0 Å². The number of hydrogen-bond donors (Lipinski definition) is 0. The third-order valence-corrected chi connectivity index (χ3v) is 2.09. The SMILES string of the molecule is Fc1ccc2c(c1)SC=[N+]2. The van der Waals surface area contributed by atoms with Crippen molar-refractivity contribution in [3.63, 3.8) is 0 Å². The molecule has 1 aliphatic heterocycles. The van der Waals surface area contributed by atoms with Crippen molar-refractivity contribution in [3.8, 4) is 0 Å². The highest BCUT2D eigenvalue weighted by atomic mass is 32.2. The van der Waals surface area contributed by atoms with E-state index in [1.54, 1.807) is 11.6 Å². The number of hydrogen-bond acceptors (Lipinski definition) is 2. The number of benzene rings is 1. The van der Waals surface area contributed by atoms with Gasteiger partial charge in [0.15, 0.2) is 0 Å². The van der Waals surface area contributed by atoms with E-state index < -0.39 is 0 Å². The number of aliphatic imine (C=N–C) groups is 1. The van der Waals surface area contributed by atoms with Gasteiger partial charge >= 0.3 is 0 Å². The lowest BCUT2D eigenvalue weighted by atomic mass is 10.3. The topological polar surface area (TPSA) is 14.1 Å². The number of rotatable bonds is 0. The van der Waals surface area contributed by atoms with Crippen LogP contribution in [0.4, 0.5) is 10.1 Å². The van der Waals surface area contributed by atoms with Crippen LogP contribution in [0.5, 0.6) is 0 Å². The maximum atomic E-state index is 12.5. The van der Waals surface area contributed by atoms with Crippen molar-refractivity contribution in [1.82, 2.24) is 4.99 Å². The van der Waals surface area contributed by atoms with Gasteiger partial charge in [0.2, 0.25) is 0 Å². The summed E-state index contributed by atoms with van der Waals surface area (Å²) in [6.07, 6.45) is 0. The summed E-state index contributed by atoms with van der Waals surface area (Å²) in [7, 11) is 0. The molecule has 1 aliphatic rings. The van der Waals surface area contributed by atoms with Gasteiger partial charge in [0, 0.05) is 6.07 Å². The van der Waals surface area contributed by atoms with Gasteiger partial charge in [0.05, 0.1) is 9.89 Å². The van der Waals surface area contributed by atoms with Crippen LogP contribution in [-0.4, -0.2) is 5.55 Å². The highest BCUT2D eigenvalue weighted by Gasteiger charge is 2.18. The Balaban J connectivity index is 2.59. The summed E-state index contributed by atoms with van der Waals surface area (Å²) in [4.78, 5) is 4.91. The summed E-state index contributed by atoms with van der Waals surface area (Å²) in [5.74, 6) is -0.197. The maximum absolute atomic E-state index is 12.5. The summed E-state index contributed by atoms with van der Waals surface area (Å²) in [5, 5.41) is 0. The Labute approximate surface area is 62.0 Å². The summed E-state index contributed by atoms with van der Waals surface area (Å²) < 4.78 is 12.5. The molecule has 1 radical (unpaired) electrons. The lowest BCUT2D eigenvalue weighted by molar-refractivity contribution is 0.624. The second-order valence-electron chi connectivity index (χ2n) is 1.96. The molecular formula is C7H4FNS+. The van der Waals surface area contributed by atoms with Crippen molar-refractivity contribution >= 4 is 23.0 Å². The smallest absolute Gasteiger partial charge is 0.207 e. The van der Waals surface area contributed by atoms with E-state index in [1.807, 2.05) is 0 Å². The monoisotopic (exact) mass is 153 g/mol. The first-order valence-corrected chi connectivity index (χ1v) is 3.73. The first kappa shape index (κ1) is 5.92.